The van der Waals surface area contributed by atoms with Crippen molar-refractivity contribution >= 4 is 47.4 Å². The maximum Gasteiger partial charge on any atom is 0.410 e. The number of rotatable bonds is 19. The third-order valence-corrected chi connectivity index (χ3v) is 11.5. The Morgan fingerprint density at radius 1 is 0.848 bits per heavy atom. The van der Waals surface area contributed by atoms with Crippen molar-refractivity contribution < 1.29 is 57.0 Å². The van der Waals surface area contributed by atoms with Gasteiger partial charge in [0.15, 0.2) is 0 Å². The van der Waals surface area contributed by atoms with Gasteiger partial charge in [0.1, 0.15) is 36.0 Å². The summed E-state index contributed by atoms with van der Waals surface area (Å²) in [6.07, 6.45) is 1.59. The van der Waals surface area contributed by atoms with Gasteiger partial charge in [-0.2, -0.15) is 8.78 Å². The molecule has 6 amide bonds. The average molecular weight is 919 g/mol. The van der Waals surface area contributed by atoms with Gasteiger partial charge in [0.05, 0.1) is 18.8 Å². The Morgan fingerprint density at radius 2 is 1.52 bits per heavy atom. The summed E-state index contributed by atoms with van der Waals surface area (Å²) in [7, 11) is 0. The number of carbonyl (C=O) groups is 8. The molecule has 0 radical (unpaired) electrons. The summed E-state index contributed by atoms with van der Waals surface area (Å²) in [5.41, 5.74) is 2.34. The zero-order valence-electron chi connectivity index (χ0n) is 37.4. The molecule has 66 heavy (non-hydrogen) atoms. The van der Waals surface area contributed by atoms with Crippen LogP contribution in [0.1, 0.15) is 81.1 Å². The van der Waals surface area contributed by atoms with Crippen LogP contribution < -0.4 is 21.3 Å². The highest BCUT2D eigenvalue weighted by Crippen LogP contribution is 2.27. The number of nitrogens with zero attached hydrogens (tertiary/aromatic N) is 4. The molecule has 0 unspecified atom stereocenters. The monoisotopic (exact) mass is 918 g/mol. The number of amides is 6. The van der Waals surface area contributed by atoms with Crippen LogP contribution >= 0.6 is 0 Å². The highest BCUT2D eigenvalue weighted by Gasteiger charge is 2.52. The van der Waals surface area contributed by atoms with Crippen LogP contribution in [0.4, 0.5) is 13.6 Å². The van der Waals surface area contributed by atoms with Gasteiger partial charge in [0.2, 0.25) is 23.5 Å². The number of likely N-dealkylation sites (tertiary alicyclic amines) is 1. The van der Waals surface area contributed by atoms with Crippen molar-refractivity contribution in [2.45, 2.75) is 116 Å². The predicted octanol–water partition coefficient (Wildman–Crippen LogP) is 2.84. The minimum absolute atomic E-state index is 0.0570. The van der Waals surface area contributed by atoms with E-state index in [0.29, 0.717) is 18.5 Å². The second kappa shape index (κ2) is 22.4. The molecule has 5 N–H and O–H groups in total. The fourth-order valence-electron chi connectivity index (χ4n) is 7.80. The van der Waals surface area contributed by atoms with Crippen molar-refractivity contribution in [1.29, 1.82) is 0 Å². The molecule has 6 atom stereocenters. The smallest absolute Gasteiger partial charge is 0.410 e. The Hall–Kier alpha value is -6.86. The molecule has 20 heteroatoms. The van der Waals surface area contributed by atoms with Crippen molar-refractivity contribution in [3.8, 4) is 0 Å². The molecule has 1 fully saturated rings. The Balaban J connectivity index is 1.37. The second-order valence-corrected chi connectivity index (χ2v) is 17.0. The number of aromatic nitrogens is 2. The van der Waals surface area contributed by atoms with Crippen molar-refractivity contribution in [3.05, 3.63) is 95.6 Å². The number of fused-ring (bicyclic) bond motifs is 1. The molecular weight excluding hydrogens is 863 g/mol. The van der Waals surface area contributed by atoms with Gasteiger partial charge in [-0.1, -0.05) is 95.6 Å². The summed E-state index contributed by atoms with van der Waals surface area (Å²) in [6.45, 7) is 8.33. The highest BCUT2D eigenvalue weighted by molar-refractivity contribution is 6.11. The van der Waals surface area contributed by atoms with Crippen molar-refractivity contribution in [1.82, 2.24) is 41.0 Å². The second-order valence-electron chi connectivity index (χ2n) is 17.0. The molecule has 2 aromatic carbocycles. The van der Waals surface area contributed by atoms with Crippen LogP contribution in [0.3, 0.4) is 0 Å². The van der Waals surface area contributed by atoms with E-state index in [2.05, 4.69) is 25.9 Å². The number of carboxylic acid groups (broad SMARTS) is 1. The van der Waals surface area contributed by atoms with Gasteiger partial charge in [-0.05, 0) is 41.4 Å². The summed E-state index contributed by atoms with van der Waals surface area (Å²) < 4.78 is 37.4. The van der Waals surface area contributed by atoms with Crippen LogP contribution in [0, 0.1) is 11.8 Å². The molecule has 1 aromatic heterocycles. The van der Waals surface area contributed by atoms with E-state index in [4.69, 9.17) is 4.74 Å². The molecule has 1 saturated heterocycles. The molecule has 3 aromatic rings. The number of hydrogen-bond acceptors (Lipinski definition) is 11. The minimum atomic E-state index is -4.81. The van der Waals surface area contributed by atoms with Crippen LogP contribution in [-0.2, 0) is 52.9 Å². The van der Waals surface area contributed by atoms with Crippen LogP contribution in [0.5, 0.6) is 0 Å². The third-order valence-electron chi connectivity index (χ3n) is 11.5. The highest BCUT2D eigenvalue weighted by atomic mass is 19.3. The number of carboxylic acids is 1. The van der Waals surface area contributed by atoms with E-state index >= 15 is 8.78 Å². The molecule has 0 aliphatic carbocycles. The first-order chi connectivity index (χ1) is 31.3. The van der Waals surface area contributed by atoms with Gasteiger partial charge in [-0.3, -0.25) is 33.8 Å². The predicted molar refractivity (Wildman–Crippen MR) is 232 cm³/mol. The number of benzene rings is 2. The van der Waals surface area contributed by atoms with Crippen LogP contribution in [0.15, 0.2) is 73.2 Å². The number of hydrogen-bond donors (Lipinski definition) is 5. The standard InChI is InChI=1S/C46H56F2N8O10/c1-6-12-32(38(57)46(47,48)44(64)52-33(43(62)63)21-28-13-8-7-9-14-28)51-40(59)35-22-31(66-45(65)55-20-17-29-15-10-11-16-30(29)24-55)25-56(35)42(61)37(27(4)5)54-41(60)36(26(2)3)53-39(58)34-23-49-18-19-50-34/h7-11,13-16,18-19,23,26-27,31-33,35-37H,6,12,17,20-22,24-25H2,1-5H3,(H,51,59)(H,52,64)(H,53,58)(H,54,60)(H,62,63)/t31-,32+,33+,35+,36+,37+/m1/s1. The maximum atomic E-state index is 15.8. The summed E-state index contributed by atoms with van der Waals surface area (Å²) >= 11 is 0. The molecular formula is C46H56F2N8O10. The lowest BCUT2D eigenvalue weighted by Gasteiger charge is -2.32. The lowest BCUT2D eigenvalue weighted by Crippen LogP contribution is -2.61. The number of ketones is 1. The molecule has 354 valence electrons. The first kappa shape index (κ1) is 50.1. The van der Waals surface area contributed by atoms with Crippen molar-refractivity contribution in [3.63, 3.8) is 0 Å². The number of nitrogens with one attached hydrogen (secondary N) is 4. The molecule has 2 aliphatic heterocycles. The fraction of sp³-hybridized carbons (Fsp3) is 0.478. The summed E-state index contributed by atoms with van der Waals surface area (Å²) in [5, 5.41) is 19.1. The van der Waals surface area contributed by atoms with Crippen LogP contribution in [-0.4, -0.2) is 128 Å². The van der Waals surface area contributed by atoms with E-state index in [0.717, 1.165) is 16.0 Å². The van der Waals surface area contributed by atoms with E-state index in [1.54, 1.807) is 58.1 Å². The van der Waals surface area contributed by atoms with Gasteiger partial charge < -0.3 is 40.9 Å². The number of ether oxygens (including phenoxy) is 1. The van der Waals surface area contributed by atoms with Crippen LogP contribution in [0.2, 0.25) is 0 Å². The average Bonchev–Trinajstić information content (AvgIpc) is 3.72. The van der Waals surface area contributed by atoms with Gasteiger partial charge >= 0.3 is 18.0 Å². The lowest BCUT2D eigenvalue weighted by molar-refractivity contribution is -0.162. The topological polar surface area (TPSA) is 246 Å². The fourth-order valence-corrected chi connectivity index (χ4v) is 7.80. The van der Waals surface area contributed by atoms with Gasteiger partial charge in [-0.25, -0.2) is 14.6 Å². The summed E-state index contributed by atoms with van der Waals surface area (Å²) in [5.74, 6) is -15.1. The Labute approximate surface area is 380 Å². The zero-order valence-corrected chi connectivity index (χ0v) is 37.4. The third kappa shape index (κ3) is 12.5. The molecule has 2 aliphatic rings. The van der Waals surface area contributed by atoms with E-state index in [1.807, 2.05) is 24.3 Å². The Morgan fingerprint density at radius 3 is 2.14 bits per heavy atom. The van der Waals surface area contributed by atoms with E-state index in [1.165, 1.54) is 35.6 Å². The molecule has 3 heterocycles. The largest absolute Gasteiger partial charge is 0.480 e. The summed E-state index contributed by atoms with van der Waals surface area (Å²) in [4.78, 5) is 118. The normalized spacial score (nSPS) is 17.7. The van der Waals surface area contributed by atoms with Crippen LogP contribution in [0.25, 0.3) is 0 Å². The van der Waals surface area contributed by atoms with E-state index < -0.39 is 101 Å². The molecule has 0 saturated carbocycles. The number of carbonyl (C=O) groups excluding carboxylic acids is 7. The molecule has 0 bridgehead atoms. The van der Waals surface area contributed by atoms with Crippen molar-refractivity contribution in [2.24, 2.45) is 11.8 Å². The lowest BCUT2D eigenvalue weighted by atomic mass is 9.98. The number of alkyl halides is 2. The van der Waals surface area contributed by atoms with Gasteiger partial charge in [-0.15, -0.1) is 0 Å². The maximum absolute atomic E-state index is 15.8. The number of halogens is 2. The molecule has 18 nitrogen and oxygen atoms in total. The van der Waals surface area contributed by atoms with E-state index in [-0.39, 0.29) is 44.5 Å². The minimum Gasteiger partial charge on any atom is -0.480 e. The molecule has 5 rings (SSSR count). The number of aliphatic carboxylic acids is 1. The van der Waals surface area contributed by atoms with E-state index in [9.17, 15) is 43.5 Å². The van der Waals surface area contributed by atoms with Gasteiger partial charge in [0.25, 0.3) is 11.8 Å². The first-order valence-corrected chi connectivity index (χ1v) is 21.8. The number of Topliss-reactive ketones (excluding diaryl/α,β-unsaturated/α-hetero) is 1. The Bertz CT molecular complexity index is 2250. The first-order valence-electron chi connectivity index (χ1n) is 21.8. The SMILES string of the molecule is CCC[C@H](NC(=O)[C@@H]1C[C@@H](OC(=O)N2CCc3ccccc3C2)CN1C(=O)[C@@H](NC(=O)[C@@H](NC(=O)c1cnccn1)C(C)C)C(C)C)C(=O)C(F)(F)C(=O)N[C@@H](Cc1ccccc1)C(=O)O. The quantitative estimate of drug-likeness (QED) is 0.109. The zero-order chi connectivity index (χ0) is 48.3. The molecule has 0 spiro atoms. The van der Waals surface area contributed by atoms with Gasteiger partial charge in [0, 0.05) is 38.3 Å². The van der Waals surface area contributed by atoms with Crippen molar-refractivity contribution in [2.75, 3.05) is 13.1 Å². The summed E-state index contributed by atoms with van der Waals surface area (Å²) in [6, 6.07) is 7.64. The Kier molecular flexibility index (Phi) is 17.0.